The molecule has 0 bridgehead atoms. The van der Waals surface area contributed by atoms with Crippen molar-refractivity contribution < 1.29 is 18.7 Å². The Morgan fingerprint density at radius 2 is 1.74 bits per heavy atom. The fourth-order valence-corrected chi connectivity index (χ4v) is 5.12. The number of hydrogen-bond acceptors (Lipinski definition) is 6. The van der Waals surface area contributed by atoms with Crippen LogP contribution in [-0.2, 0) is 0 Å². The predicted octanol–water partition coefficient (Wildman–Crippen LogP) is 5.96. The van der Waals surface area contributed by atoms with Crippen LogP contribution in [0.3, 0.4) is 0 Å². The molecule has 0 saturated carbocycles. The molecule has 0 aliphatic carbocycles. The summed E-state index contributed by atoms with van der Waals surface area (Å²) >= 11 is 0. The number of amides is 1. The van der Waals surface area contributed by atoms with Gasteiger partial charge in [-0.2, -0.15) is 0 Å². The Balaban J connectivity index is 1.81. The molecule has 0 radical (unpaired) electrons. The van der Waals surface area contributed by atoms with Gasteiger partial charge in [0.2, 0.25) is 5.76 Å². The number of unbranched alkanes of at least 4 members (excludes halogenated alkanes) is 2. The van der Waals surface area contributed by atoms with E-state index in [0.29, 0.717) is 54.3 Å². The van der Waals surface area contributed by atoms with E-state index in [1.165, 1.54) is 0 Å². The smallest absolute Gasteiger partial charge is 0.290 e. The zero-order valence-electron chi connectivity index (χ0n) is 23.3. The zero-order valence-corrected chi connectivity index (χ0v) is 23.3. The third-order valence-electron chi connectivity index (χ3n) is 7.26. The van der Waals surface area contributed by atoms with E-state index in [4.69, 9.17) is 13.9 Å². The Bertz CT molecular complexity index is 1330. The molecule has 1 aromatic heterocycles. The highest BCUT2D eigenvalue weighted by atomic mass is 16.5. The summed E-state index contributed by atoms with van der Waals surface area (Å²) in [5.74, 6) is 1.17. The van der Waals surface area contributed by atoms with Gasteiger partial charge in [0.15, 0.2) is 16.9 Å². The molecule has 204 valence electrons. The quantitative estimate of drug-likeness (QED) is 0.259. The fraction of sp³-hybridized carbons (Fsp3) is 0.484. The lowest BCUT2D eigenvalue weighted by Gasteiger charge is -2.28. The zero-order chi connectivity index (χ0) is 27.2. The van der Waals surface area contributed by atoms with Crippen molar-refractivity contribution in [3.8, 4) is 11.5 Å². The minimum absolute atomic E-state index is 0.133. The van der Waals surface area contributed by atoms with Crippen molar-refractivity contribution in [1.29, 1.82) is 0 Å². The van der Waals surface area contributed by atoms with Crippen LogP contribution < -0.4 is 14.9 Å². The number of hydrogen-bond donors (Lipinski definition) is 0. The monoisotopic (exact) mass is 520 g/mol. The lowest BCUT2D eigenvalue weighted by Crippen LogP contribution is -2.37. The molecule has 0 saturated heterocycles. The van der Waals surface area contributed by atoms with E-state index in [9.17, 15) is 9.59 Å². The van der Waals surface area contributed by atoms with E-state index in [1.807, 2.05) is 44.2 Å². The van der Waals surface area contributed by atoms with Gasteiger partial charge >= 0.3 is 0 Å². The van der Waals surface area contributed by atoms with E-state index in [2.05, 4.69) is 25.7 Å². The topological polar surface area (TPSA) is 72.2 Å². The number of carbonyl (C=O) groups excluding carboxylic acids is 1. The molecule has 1 aliphatic rings. The first-order chi connectivity index (χ1) is 18.4. The predicted molar refractivity (Wildman–Crippen MR) is 151 cm³/mol. The number of fused-ring (bicyclic) bond motifs is 2. The highest BCUT2D eigenvalue weighted by Crippen LogP contribution is 2.41. The van der Waals surface area contributed by atoms with Crippen molar-refractivity contribution in [3.63, 3.8) is 0 Å². The number of benzene rings is 2. The van der Waals surface area contributed by atoms with Crippen molar-refractivity contribution >= 4 is 16.9 Å². The molecular formula is C31H40N2O5. The fourth-order valence-electron chi connectivity index (χ4n) is 5.12. The van der Waals surface area contributed by atoms with Crippen LogP contribution in [0.4, 0.5) is 0 Å². The first-order valence-corrected chi connectivity index (χ1v) is 13.9. The maximum absolute atomic E-state index is 13.9. The largest absolute Gasteiger partial charge is 0.490 e. The third kappa shape index (κ3) is 5.58. The second-order valence-corrected chi connectivity index (χ2v) is 9.80. The molecule has 3 aromatic rings. The first-order valence-electron chi connectivity index (χ1n) is 13.9. The molecule has 1 aliphatic heterocycles. The van der Waals surface area contributed by atoms with Gasteiger partial charge in [0.25, 0.3) is 5.91 Å². The van der Waals surface area contributed by atoms with Gasteiger partial charge in [0.1, 0.15) is 5.58 Å². The number of nitrogens with zero attached hydrogens (tertiary/aromatic N) is 2. The van der Waals surface area contributed by atoms with E-state index >= 15 is 0 Å². The summed E-state index contributed by atoms with van der Waals surface area (Å²) in [6, 6.07) is 10.7. The van der Waals surface area contributed by atoms with E-state index in [-0.39, 0.29) is 17.1 Å². The Labute approximate surface area is 225 Å². The summed E-state index contributed by atoms with van der Waals surface area (Å²) in [5, 5.41) is 0.494. The van der Waals surface area contributed by atoms with Gasteiger partial charge in [-0.15, -0.1) is 0 Å². The Hall–Kier alpha value is -3.32. The van der Waals surface area contributed by atoms with Crippen molar-refractivity contribution in [3.05, 3.63) is 69.1 Å². The summed E-state index contributed by atoms with van der Waals surface area (Å²) in [6.07, 6.45) is 3.20. The van der Waals surface area contributed by atoms with E-state index < -0.39 is 6.04 Å². The molecule has 2 heterocycles. The molecule has 1 unspecified atom stereocenters. The van der Waals surface area contributed by atoms with Crippen LogP contribution in [0.2, 0.25) is 0 Å². The number of aryl methyl sites for hydroxylation is 1. The SMILES string of the molecule is CCCCCOc1ccc(C2c3c(oc4ccc(C)cc4c3=O)C(=O)N2CCN(CC)CC)cc1OCC. The number of ether oxygens (including phenoxy) is 2. The maximum Gasteiger partial charge on any atom is 0.290 e. The molecule has 7 nitrogen and oxygen atoms in total. The van der Waals surface area contributed by atoms with Gasteiger partial charge in [-0.3, -0.25) is 9.59 Å². The van der Waals surface area contributed by atoms with Crippen molar-refractivity contribution in [1.82, 2.24) is 9.80 Å². The molecule has 0 fully saturated rings. The van der Waals surface area contributed by atoms with Crippen LogP contribution in [0.25, 0.3) is 11.0 Å². The Kier molecular flexibility index (Phi) is 9.10. The standard InChI is InChI=1S/C31H40N2O5/c1-6-10-11-18-37-25-15-13-22(20-26(25)36-9-4)28-27-29(34)23-19-21(5)12-14-24(23)38-30(27)31(35)33(28)17-16-32(7-2)8-3/h12-15,19-20,28H,6-11,16-18H2,1-5H3. The van der Waals surface area contributed by atoms with Crippen LogP contribution >= 0.6 is 0 Å². The maximum atomic E-state index is 13.9. The van der Waals surface area contributed by atoms with Crippen LogP contribution in [-0.4, -0.2) is 55.1 Å². The van der Waals surface area contributed by atoms with Crippen LogP contribution in [0.15, 0.2) is 45.6 Å². The van der Waals surface area contributed by atoms with Gasteiger partial charge in [-0.1, -0.05) is 51.3 Å². The van der Waals surface area contributed by atoms with Gasteiger partial charge < -0.3 is 23.7 Å². The molecular weight excluding hydrogens is 480 g/mol. The van der Waals surface area contributed by atoms with Crippen molar-refractivity contribution in [2.75, 3.05) is 39.4 Å². The van der Waals surface area contributed by atoms with Crippen molar-refractivity contribution in [2.24, 2.45) is 0 Å². The van der Waals surface area contributed by atoms with Gasteiger partial charge in [0.05, 0.1) is 30.2 Å². The van der Waals surface area contributed by atoms with Gasteiger partial charge in [0, 0.05) is 13.1 Å². The molecule has 1 atom stereocenters. The minimum atomic E-state index is -0.567. The second-order valence-electron chi connectivity index (χ2n) is 9.80. The molecule has 4 rings (SSSR count). The summed E-state index contributed by atoms with van der Waals surface area (Å²) in [5.41, 5.74) is 2.44. The second kappa shape index (κ2) is 12.5. The highest BCUT2D eigenvalue weighted by Gasteiger charge is 2.43. The van der Waals surface area contributed by atoms with E-state index in [1.54, 1.807) is 11.0 Å². The summed E-state index contributed by atoms with van der Waals surface area (Å²) < 4.78 is 18.1. The molecule has 1 amide bonds. The lowest BCUT2D eigenvalue weighted by atomic mass is 9.97. The average molecular weight is 521 g/mol. The van der Waals surface area contributed by atoms with Crippen molar-refractivity contribution in [2.45, 2.75) is 59.9 Å². The molecule has 38 heavy (non-hydrogen) atoms. The number of likely N-dealkylation sites (N-methyl/N-ethyl adjacent to an activating group) is 1. The Morgan fingerprint density at radius 1 is 0.947 bits per heavy atom. The minimum Gasteiger partial charge on any atom is -0.490 e. The number of carbonyl (C=O) groups is 1. The molecule has 0 N–H and O–H groups in total. The molecule has 7 heteroatoms. The highest BCUT2D eigenvalue weighted by molar-refractivity contribution is 5.99. The van der Waals surface area contributed by atoms with Crippen LogP contribution in [0.1, 0.15) is 80.2 Å². The summed E-state index contributed by atoms with van der Waals surface area (Å²) in [6.45, 7) is 14.3. The van der Waals surface area contributed by atoms with Gasteiger partial charge in [-0.05, 0) is 63.2 Å². The third-order valence-corrected chi connectivity index (χ3v) is 7.26. The summed E-state index contributed by atoms with van der Waals surface area (Å²) in [7, 11) is 0. The normalized spacial score (nSPS) is 14.9. The Morgan fingerprint density at radius 3 is 2.45 bits per heavy atom. The van der Waals surface area contributed by atoms with Crippen LogP contribution in [0.5, 0.6) is 11.5 Å². The molecule has 2 aromatic carbocycles. The van der Waals surface area contributed by atoms with Crippen LogP contribution in [0, 0.1) is 6.92 Å². The van der Waals surface area contributed by atoms with Gasteiger partial charge in [-0.25, -0.2) is 0 Å². The average Bonchev–Trinajstić information content (AvgIpc) is 3.20. The number of rotatable bonds is 13. The lowest BCUT2D eigenvalue weighted by molar-refractivity contribution is 0.0708. The molecule has 0 spiro atoms. The van der Waals surface area contributed by atoms with E-state index in [0.717, 1.165) is 43.5 Å². The first kappa shape index (κ1) is 27.7. The summed E-state index contributed by atoms with van der Waals surface area (Å²) in [4.78, 5) is 31.6.